The average molecular weight is 467 g/mol. The summed E-state index contributed by atoms with van der Waals surface area (Å²) >= 11 is 0. The van der Waals surface area contributed by atoms with Crippen molar-refractivity contribution in [3.63, 3.8) is 0 Å². The van der Waals surface area contributed by atoms with Gasteiger partial charge in [0.05, 0.1) is 24.0 Å². The molecule has 4 rings (SSSR count). The van der Waals surface area contributed by atoms with Gasteiger partial charge in [-0.2, -0.15) is 18.3 Å². The number of hydrogen-bond donors (Lipinski definition) is 2. The van der Waals surface area contributed by atoms with Crippen molar-refractivity contribution in [3.8, 4) is 16.9 Å². The average Bonchev–Trinajstić information content (AvgIpc) is 3.26. The van der Waals surface area contributed by atoms with E-state index in [2.05, 4.69) is 20.4 Å². The standard InChI is InChI=1S/C23H16F3N5O3/c24-23(25,26)19-11-18(16-5-2-8-27-12-16)30-31(19)17-6-7-20(28-13-17)29-22(34)15-4-1-3-14(9-15)10-21(32)33/h1-9,11-13H,10H2,(H,32,33)(H,28,29,34). The van der Waals surface area contributed by atoms with Crippen molar-refractivity contribution in [1.82, 2.24) is 19.7 Å². The van der Waals surface area contributed by atoms with Gasteiger partial charge in [0.2, 0.25) is 0 Å². The molecule has 0 aliphatic rings. The van der Waals surface area contributed by atoms with Crippen LogP contribution in [-0.4, -0.2) is 36.7 Å². The van der Waals surface area contributed by atoms with Gasteiger partial charge < -0.3 is 10.4 Å². The second-order valence-electron chi connectivity index (χ2n) is 7.19. The summed E-state index contributed by atoms with van der Waals surface area (Å²) in [6.45, 7) is 0. The van der Waals surface area contributed by atoms with Gasteiger partial charge in [0, 0.05) is 23.5 Å². The zero-order valence-electron chi connectivity index (χ0n) is 17.3. The van der Waals surface area contributed by atoms with Gasteiger partial charge in [-0.1, -0.05) is 12.1 Å². The molecule has 4 aromatic rings. The Balaban J connectivity index is 1.58. The van der Waals surface area contributed by atoms with Crippen LogP contribution < -0.4 is 5.32 Å². The number of hydrogen-bond acceptors (Lipinski definition) is 5. The lowest BCUT2D eigenvalue weighted by molar-refractivity contribution is -0.142. The Morgan fingerprint density at radius 2 is 1.85 bits per heavy atom. The Morgan fingerprint density at radius 1 is 1.03 bits per heavy atom. The summed E-state index contributed by atoms with van der Waals surface area (Å²) in [4.78, 5) is 31.3. The van der Waals surface area contributed by atoms with Gasteiger partial charge in [0.1, 0.15) is 11.5 Å². The second-order valence-corrected chi connectivity index (χ2v) is 7.19. The van der Waals surface area contributed by atoms with E-state index in [0.29, 0.717) is 11.1 Å². The number of carboxylic acids is 1. The number of aliphatic carboxylic acids is 1. The van der Waals surface area contributed by atoms with Crippen molar-refractivity contribution in [2.24, 2.45) is 0 Å². The van der Waals surface area contributed by atoms with Crippen LogP contribution >= 0.6 is 0 Å². The monoisotopic (exact) mass is 467 g/mol. The lowest BCUT2D eigenvalue weighted by Crippen LogP contribution is -2.15. The molecule has 1 amide bonds. The number of carbonyl (C=O) groups is 2. The molecule has 0 unspecified atom stereocenters. The van der Waals surface area contributed by atoms with E-state index in [9.17, 15) is 22.8 Å². The first-order valence-electron chi connectivity index (χ1n) is 9.87. The number of aromatic nitrogens is 4. The molecule has 0 saturated carbocycles. The highest BCUT2D eigenvalue weighted by atomic mass is 19.4. The van der Waals surface area contributed by atoms with Crippen LogP contribution in [0.4, 0.5) is 19.0 Å². The van der Waals surface area contributed by atoms with E-state index >= 15 is 0 Å². The molecule has 8 nitrogen and oxygen atoms in total. The maximum Gasteiger partial charge on any atom is 0.433 e. The Bertz CT molecular complexity index is 1340. The predicted octanol–water partition coefficient (Wildman–Crippen LogP) is 4.23. The van der Waals surface area contributed by atoms with Crippen molar-refractivity contribution >= 4 is 17.7 Å². The van der Waals surface area contributed by atoms with Crippen LogP contribution in [0.15, 0.2) is 73.2 Å². The normalized spacial score (nSPS) is 11.3. The molecule has 0 saturated heterocycles. The first kappa shape index (κ1) is 22.6. The third-order valence-corrected chi connectivity index (χ3v) is 4.74. The molecule has 172 valence electrons. The van der Waals surface area contributed by atoms with Crippen molar-refractivity contribution in [2.45, 2.75) is 12.6 Å². The molecule has 3 aromatic heterocycles. The predicted molar refractivity (Wildman–Crippen MR) is 115 cm³/mol. The van der Waals surface area contributed by atoms with Crippen molar-refractivity contribution in [2.75, 3.05) is 5.32 Å². The number of carboxylic acid groups (broad SMARTS) is 1. The summed E-state index contributed by atoms with van der Waals surface area (Å²) in [7, 11) is 0. The van der Waals surface area contributed by atoms with E-state index in [1.54, 1.807) is 24.3 Å². The summed E-state index contributed by atoms with van der Waals surface area (Å²) in [5, 5.41) is 15.5. The Morgan fingerprint density at radius 3 is 2.50 bits per heavy atom. The fourth-order valence-corrected chi connectivity index (χ4v) is 3.21. The third-order valence-electron chi connectivity index (χ3n) is 4.74. The van der Waals surface area contributed by atoms with Crippen molar-refractivity contribution in [1.29, 1.82) is 0 Å². The first-order chi connectivity index (χ1) is 16.2. The lowest BCUT2D eigenvalue weighted by atomic mass is 10.1. The van der Waals surface area contributed by atoms with Gasteiger partial charge in [-0.15, -0.1) is 0 Å². The summed E-state index contributed by atoms with van der Waals surface area (Å²) in [6.07, 6.45) is -0.826. The van der Waals surface area contributed by atoms with Gasteiger partial charge >= 0.3 is 12.1 Å². The minimum atomic E-state index is -4.67. The maximum absolute atomic E-state index is 13.6. The first-order valence-corrected chi connectivity index (χ1v) is 9.87. The molecular weight excluding hydrogens is 451 g/mol. The molecule has 34 heavy (non-hydrogen) atoms. The highest BCUT2D eigenvalue weighted by Gasteiger charge is 2.36. The summed E-state index contributed by atoms with van der Waals surface area (Å²) in [6, 6.07) is 12.9. The van der Waals surface area contributed by atoms with E-state index in [1.807, 2.05) is 0 Å². The SMILES string of the molecule is O=C(O)Cc1cccc(C(=O)Nc2ccc(-n3nc(-c4cccnc4)cc3C(F)(F)F)cn2)c1. The fourth-order valence-electron chi connectivity index (χ4n) is 3.21. The molecule has 0 spiro atoms. The minimum Gasteiger partial charge on any atom is -0.481 e. The minimum absolute atomic E-state index is 0.0453. The number of carbonyl (C=O) groups excluding carboxylic acids is 1. The zero-order chi connectivity index (χ0) is 24.3. The lowest BCUT2D eigenvalue weighted by Gasteiger charge is -2.11. The molecule has 1 aromatic carbocycles. The van der Waals surface area contributed by atoms with Crippen molar-refractivity contribution < 1.29 is 27.9 Å². The number of alkyl halides is 3. The molecule has 0 atom stereocenters. The topological polar surface area (TPSA) is 110 Å². The van der Waals surface area contributed by atoms with Crippen LogP contribution in [0.2, 0.25) is 0 Å². The number of anilines is 1. The summed E-state index contributed by atoms with van der Waals surface area (Å²) in [5.74, 6) is -1.47. The van der Waals surface area contributed by atoms with Gasteiger partial charge in [-0.3, -0.25) is 14.6 Å². The number of amides is 1. The molecule has 0 bridgehead atoms. The molecule has 11 heteroatoms. The molecule has 3 heterocycles. The van der Waals surface area contributed by atoms with Crippen LogP contribution in [0.1, 0.15) is 21.6 Å². The van der Waals surface area contributed by atoms with Crippen LogP contribution in [0, 0.1) is 0 Å². The molecule has 0 fully saturated rings. The number of pyridine rings is 2. The van der Waals surface area contributed by atoms with Crippen LogP contribution in [0.25, 0.3) is 16.9 Å². The van der Waals surface area contributed by atoms with Gasteiger partial charge in [-0.05, 0) is 48.0 Å². The summed E-state index contributed by atoms with van der Waals surface area (Å²) in [5.41, 5.74) is 0.250. The van der Waals surface area contributed by atoms with Crippen LogP contribution in [-0.2, 0) is 17.4 Å². The molecular formula is C23H16F3N5O3. The quantitative estimate of drug-likeness (QED) is 0.439. The van der Waals surface area contributed by atoms with Crippen LogP contribution in [0.5, 0.6) is 0 Å². The van der Waals surface area contributed by atoms with Gasteiger partial charge in [-0.25, -0.2) is 9.67 Å². The van der Waals surface area contributed by atoms with Gasteiger partial charge in [0.15, 0.2) is 0 Å². The number of rotatable bonds is 6. The highest BCUT2D eigenvalue weighted by Crippen LogP contribution is 2.34. The van der Waals surface area contributed by atoms with Crippen LogP contribution in [0.3, 0.4) is 0 Å². The van der Waals surface area contributed by atoms with E-state index < -0.39 is 23.7 Å². The third kappa shape index (κ3) is 5.09. The fraction of sp³-hybridized carbons (Fsp3) is 0.0870. The molecule has 0 radical (unpaired) electrons. The Kier molecular flexibility index (Phi) is 6.09. The van der Waals surface area contributed by atoms with E-state index in [-0.39, 0.29) is 29.2 Å². The van der Waals surface area contributed by atoms with Gasteiger partial charge in [0.25, 0.3) is 5.91 Å². The smallest absolute Gasteiger partial charge is 0.433 e. The number of halogens is 3. The largest absolute Gasteiger partial charge is 0.481 e. The van der Waals surface area contributed by atoms with E-state index in [1.165, 1.54) is 36.7 Å². The zero-order valence-corrected chi connectivity index (χ0v) is 17.3. The second kappa shape index (κ2) is 9.14. The Labute approximate surface area is 190 Å². The number of nitrogens with one attached hydrogen (secondary N) is 1. The molecule has 0 aliphatic heterocycles. The number of benzene rings is 1. The van der Waals surface area contributed by atoms with E-state index in [4.69, 9.17) is 5.11 Å². The maximum atomic E-state index is 13.6. The molecule has 0 aliphatic carbocycles. The number of nitrogens with zero attached hydrogens (tertiary/aromatic N) is 4. The molecule has 2 N–H and O–H groups in total. The highest BCUT2D eigenvalue weighted by molar-refractivity contribution is 6.04. The Hall–Kier alpha value is -4.54. The summed E-state index contributed by atoms with van der Waals surface area (Å²) < 4.78 is 41.6. The van der Waals surface area contributed by atoms with E-state index in [0.717, 1.165) is 16.9 Å². The van der Waals surface area contributed by atoms with Crippen molar-refractivity contribution in [3.05, 3.63) is 90.0 Å².